The topological polar surface area (TPSA) is 60.2 Å². The molecule has 0 spiro atoms. The third-order valence-electron chi connectivity index (χ3n) is 3.45. The number of hydrogen-bond donors (Lipinski definition) is 1. The van der Waals surface area contributed by atoms with E-state index in [4.69, 9.17) is 5.14 Å². The van der Waals surface area contributed by atoms with Gasteiger partial charge in [0.05, 0.1) is 4.75 Å². The number of primary sulfonamides is 1. The van der Waals surface area contributed by atoms with Crippen LogP contribution in [0.25, 0.3) is 0 Å². The van der Waals surface area contributed by atoms with Crippen molar-refractivity contribution >= 4 is 10.0 Å². The van der Waals surface area contributed by atoms with Gasteiger partial charge >= 0.3 is 0 Å². The molecule has 16 heavy (non-hydrogen) atoms. The van der Waals surface area contributed by atoms with E-state index in [-0.39, 0.29) is 0 Å². The Morgan fingerprint density at radius 2 is 1.69 bits per heavy atom. The summed E-state index contributed by atoms with van der Waals surface area (Å²) < 4.78 is 22.0. The molecule has 0 aliphatic heterocycles. The second-order valence-corrected chi connectivity index (χ2v) is 6.78. The first-order valence-corrected chi connectivity index (χ1v) is 7.70. The lowest BCUT2D eigenvalue weighted by molar-refractivity contribution is 0.544. The minimum Gasteiger partial charge on any atom is -0.228 e. The van der Waals surface area contributed by atoms with Crippen molar-refractivity contribution in [3.8, 4) is 0 Å². The first kappa shape index (κ1) is 13.7. The molecule has 1 saturated carbocycles. The molecule has 0 radical (unpaired) electrons. The molecule has 0 amide bonds. The van der Waals surface area contributed by atoms with Gasteiger partial charge in [0.2, 0.25) is 10.0 Å². The fourth-order valence-electron chi connectivity index (χ4n) is 2.08. The van der Waals surface area contributed by atoms with E-state index >= 15 is 0 Å². The van der Waals surface area contributed by atoms with E-state index in [0.717, 1.165) is 38.5 Å². The van der Waals surface area contributed by atoms with E-state index in [1.54, 1.807) is 0 Å². The summed E-state index contributed by atoms with van der Waals surface area (Å²) in [6.07, 6.45) is 11.0. The van der Waals surface area contributed by atoms with Gasteiger partial charge in [0, 0.05) is 0 Å². The summed E-state index contributed by atoms with van der Waals surface area (Å²) in [4.78, 5) is 0. The molecule has 0 unspecified atom stereocenters. The minimum atomic E-state index is -3.31. The lowest BCUT2D eigenvalue weighted by Gasteiger charge is -2.11. The van der Waals surface area contributed by atoms with Crippen LogP contribution in [-0.4, -0.2) is 13.2 Å². The summed E-state index contributed by atoms with van der Waals surface area (Å²) in [5.41, 5.74) is 0. The maximum atomic E-state index is 11.3. The summed E-state index contributed by atoms with van der Waals surface area (Å²) in [6.45, 7) is 3.68. The summed E-state index contributed by atoms with van der Waals surface area (Å²) in [5.74, 6) is 0. The van der Waals surface area contributed by atoms with Gasteiger partial charge < -0.3 is 0 Å². The Balaban J connectivity index is 2.06. The third kappa shape index (κ3) is 3.91. The van der Waals surface area contributed by atoms with Gasteiger partial charge in [-0.3, -0.25) is 0 Å². The second-order valence-electron chi connectivity index (χ2n) is 4.82. The lowest BCUT2D eigenvalue weighted by atomic mass is 10.1. The lowest BCUT2D eigenvalue weighted by Crippen LogP contribution is -2.30. The zero-order chi connectivity index (χ0) is 12.1. The van der Waals surface area contributed by atoms with Crippen LogP contribution in [0.4, 0.5) is 0 Å². The van der Waals surface area contributed by atoms with Gasteiger partial charge in [0.15, 0.2) is 0 Å². The summed E-state index contributed by atoms with van der Waals surface area (Å²) in [7, 11) is -3.31. The third-order valence-corrected chi connectivity index (χ3v) is 5.27. The van der Waals surface area contributed by atoms with Crippen molar-refractivity contribution in [2.45, 2.75) is 62.5 Å². The Labute approximate surface area is 99.2 Å². The number of allylic oxidation sites excluding steroid dienone is 1. The number of sulfonamides is 1. The number of unbranched alkanes of at least 4 members (excludes halogenated alkanes) is 5. The molecule has 0 aromatic rings. The van der Waals surface area contributed by atoms with Crippen LogP contribution < -0.4 is 5.14 Å². The highest BCUT2D eigenvalue weighted by Crippen LogP contribution is 2.46. The van der Waals surface area contributed by atoms with Gasteiger partial charge in [-0.15, -0.1) is 6.58 Å². The van der Waals surface area contributed by atoms with Crippen molar-refractivity contribution in [3.05, 3.63) is 12.7 Å². The highest BCUT2D eigenvalue weighted by Gasteiger charge is 2.51. The molecule has 1 aliphatic rings. The van der Waals surface area contributed by atoms with Crippen LogP contribution in [0.15, 0.2) is 12.7 Å². The van der Waals surface area contributed by atoms with E-state index < -0.39 is 14.8 Å². The van der Waals surface area contributed by atoms with Crippen molar-refractivity contribution in [1.29, 1.82) is 0 Å². The maximum Gasteiger partial charge on any atom is 0.214 e. The average Bonchev–Trinajstić information content (AvgIpc) is 2.96. The molecular formula is C12H23NO2S. The molecule has 1 rings (SSSR count). The fourth-order valence-corrected chi connectivity index (χ4v) is 3.18. The van der Waals surface area contributed by atoms with Crippen LogP contribution in [0.1, 0.15) is 57.8 Å². The minimum absolute atomic E-state index is 0.534. The van der Waals surface area contributed by atoms with Crippen molar-refractivity contribution in [3.63, 3.8) is 0 Å². The van der Waals surface area contributed by atoms with Gasteiger partial charge in [-0.1, -0.05) is 31.8 Å². The number of hydrogen-bond acceptors (Lipinski definition) is 2. The van der Waals surface area contributed by atoms with Crippen LogP contribution in [-0.2, 0) is 10.0 Å². The predicted octanol–water partition coefficient (Wildman–Crippen LogP) is 2.72. The molecular weight excluding hydrogens is 222 g/mol. The second kappa shape index (κ2) is 5.82. The van der Waals surface area contributed by atoms with Gasteiger partial charge in [-0.2, -0.15) is 0 Å². The van der Waals surface area contributed by atoms with E-state index in [9.17, 15) is 8.42 Å². The van der Waals surface area contributed by atoms with Gasteiger partial charge in [0.25, 0.3) is 0 Å². The average molecular weight is 245 g/mol. The largest absolute Gasteiger partial charge is 0.228 e. The molecule has 0 aromatic carbocycles. The van der Waals surface area contributed by atoms with E-state index in [2.05, 4.69) is 6.58 Å². The highest BCUT2D eigenvalue weighted by atomic mass is 32.2. The molecule has 0 bridgehead atoms. The molecule has 1 aliphatic carbocycles. The Hall–Kier alpha value is -0.350. The monoisotopic (exact) mass is 245 g/mol. The van der Waals surface area contributed by atoms with Crippen molar-refractivity contribution in [2.24, 2.45) is 5.14 Å². The highest BCUT2D eigenvalue weighted by molar-refractivity contribution is 7.90. The van der Waals surface area contributed by atoms with Crippen molar-refractivity contribution in [2.75, 3.05) is 0 Å². The van der Waals surface area contributed by atoms with Gasteiger partial charge in [-0.05, 0) is 32.1 Å². The predicted molar refractivity (Wildman–Crippen MR) is 67.6 cm³/mol. The number of nitrogens with two attached hydrogens (primary N) is 1. The zero-order valence-electron chi connectivity index (χ0n) is 9.95. The Morgan fingerprint density at radius 3 is 2.19 bits per heavy atom. The Morgan fingerprint density at radius 1 is 1.12 bits per heavy atom. The summed E-state index contributed by atoms with van der Waals surface area (Å²) in [5, 5.41) is 5.22. The molecule has 0 heterocycles. The zero-order valence-corrected chi connectivity index (χ0v) is 10.8. The van der Waals surface area contributed by atoms with Crippen LogP contribution in [0.3, 0.4) is 0 Å². The molecule has 0 atom stereocenters. The molecule has 4 heteroatoms. The van der Waals surface area contributed by atoms with Crippen molar-refractivity contribution in [1.82, 2.24) is 0 Å². The van der Waals surface area contributed by atoms with E-state index in [1.807, 2.05) is 6.08 Å². The van der Waals surface area contributed by atoms with E-state index in [0.29, 0.717) is 0 Å². The van der Waals surface area contributed by atoms with Crippen LogP contribution in [0.2, 0.25) is 0 Å². The van der Waals surface area contributed by atoms with Crippen LogP contribution in [0, 0.1) is 0 Å². The van der Waals surface area contributed by atoms with Crippen molar-refractivity contribution < 1.29 is 8.42 Å². The van der Waals surface area contributed by atoms with Gasteiger partial charge in [-0.25, -0.2) is 13.6 Å². The molecule has 0 aromatic heterocycles. The van der Waals surface area contributed by atoms with Crippen LogP contribution >= 0.6 is 0 Å². The standard InChI is InChI=1S/C12H23NO2S/c1-2-3-4-5-6-7-8-9-12(10-11-12)16(13,14)15/h2H,1,3-11H2,(H2,13,14,15). The molecule has 1 fully saturated rings. The smallest absolute Gasteiger partial charge is 0.214 e. The number of rotatable bonds is 9. The summed E-state index contributed by atoms with van der Waals surface area (Å²) in [6, 6.07) is 0. The quantitative estimate of drug-likeness (QED) is 0.501. The fraction of sp³-hybridized carbons (Fsp3) is 0.833. The normalized spacial score (nSPS) is 18.3. The molecule has 0 saturated heterocycles. The SMILES string of the molecule is C=CCCCCCCCC1(S(N)(=O)=O)CC1. The Bertz CT molecular complexity index is 318. The van der Waals surface area contributed by atoms with Crippen LogP contribution in [0.5, 0.6) is 0 Å². The molecule has 3 nitrogen and oxygen atoms in total. The van der Waals surface area contributed by atoms with Gasteiger partial charge in [0.1, 0.15) is 0 Å². The summed E-state index contributed by atoms with van der Waals surface area (Å²) >= 11 is 0. The van der Waals surface area contributed by atoms with E-state index in [1.165, 1.54) is 19.3 Å². The first-order chi connectivity index (χ1) is 7.52. The first-order valence-electron chi connectivity index (χ1n) is 6.15. The maximum absolute atomic E-state index is 11.3. The Kier molecular flexibility index (Phi) is 4.99. The molecule has 94 valence electrons. The molecule has 2 N–H and O–H groups in total.